The minimum atomic E-state index is -3.77. The number of hydrogen-bond acceptors (Lipinski definition) is 5. The quantitative estimate of drug-likeness (QED) is 0.390. The number of hydrogen-bond donors (Lipinski definition) is 1. The van der Waals surface area contributed by atoms with Gasteiger partial charge in [-0.05, 0) is 55.9 Å². The van der Waals surface area contributed by atoms with Crippen molar-refractivity contribution in [2.24, 2.45) is 11.8 Å². The molecule has 2 rings (SSSR count). The van der Waals surface area contributed by atoms with Gasteiger partial charge in [0.1, 0.15) is 11.7 Å². The van der Waals surface area contributed by atoms with Crippen LogP contribution in [0.5, 0.6) is 0 Å². The van der Waals surface area contributed by atoms with Crippen molar-refractivity contribution in [1.29, 1.82) is 0 Å². The highest BCUT2D eigenvalue weighted by Crippen LogP contribution is 2.62. The standard InChI is InChI=1S/C24H36O5P2/c1-6-28-31(27,22-15-11-8-12-16-22)24(18-20(4)5)29-30(26,23(25)17-19(2)3)21-13-9-7-10-14-21/h7-16,19-20,23-25H,6,17-18H2,1-5H3/t23-,24-,30-,31-/m1/s1. The number of benzene rings is 2. The third-order valence-corrected chi connectivity index (χ3v) is 10.4. The van der Waals surface area contributed by atoms with Crippen LogP contribution in [0, 0.1) is 11.8 Å². The predicted octanol–water partition coefficient (Wildman–Crippen LogP) is 5.98. The minimum Gasteiger partial charge on any atom is -0.383 e. The van der Waals surface area contributed by atoms with Crippen molar-refractivity contribution in [1.82, 2.24) is 0 Å². The summed E-state index contributed by atoms with van der Waals surface area (Å²) in [5, 5.41) is 12.0. The SMILES string of the molecule is CCO[P@](=O)(c1ccccc1)[C@H](CC(C)C)O[P@](=O)(c1ccccc1)[C@@H](O)CC(C)C. The second-order valence-electron chi connectivity index (χ2n) is 8.58. The highest BCUT2D eigenvalue weighted by atomic mass is 31.2. The molecule has 0 aliphatic heterocycles. The van der Waals surface area contributed by atoms with E-state index in [9.17, 15) is 14.2 Å². The van der Waals surface area contributed by atoms with Gasteiger partial charge < -0.3 is 14.2 Å². The molecule has 0 saturated heterocycles. The van der Waals surface area contributed by atoms with E-state index in [1.807, 2.05) is 39.8 Å². The van der Waals surface area contributed by atoms with Crippen LogP contribution in [0.4, 0.5) is 0 Å². The van der Waals surface area contributed by atoms with Crippen LogP contribution in [0.3, 0.4) is 0 Å². The van der Waals surface area contributed by atoms with Crippen LogP contribution in [0.15, 0.2) is 60.7 Å². The van der Waals surface area contributed by atoms with E-state index >= 15 is 0 Å². The van der Waals surface area contributed by atoms with Gasteiger partial charge in [-0.25, -0.2) is 0 Å². The fourth-order valence-corrected chi connectivity index (χ4v) is 9.05. The summed E-state index contributed by atoms with van der Waals surface area (Å²) in [6.45, 7) is 9.92. The fourth-order valence-electron chi connectivity index (χ4n) is 3.48. The minimum absolute atomic E-state index is 0.118. The van der Waals surface area contributed by atoms with Gasteiger partial charge in [0.25, 0.3) is 14.7 Å². The van der Waals surface area contributed by atoms with E-state index in [4.69, 9.17) is 9.05 Å². The average molecular weight is 466 g/mol. The largest absolute Gasteiger partial charge is 0.383 e. The molecule has 0 amide bonds. The molecule has 1 N–H and O–H groups in total. The smallest absolute Gasteiger partial charge is 0.260 e. The van der Waals surface area contributed by atoms with Crippen LogP contribution in [-0.2, 0) is 18.2 Å². The van der Waals surface area contributed by atoms with Gasteiger partial charge in [-0.2, -0.15) is 0 Å². The zero-order chi connectivity index (χ0) is 23.1. The summed E-state index contributed by atoms with van der Waals surface area (Å²) < 4.78 is 40.7. The fraction of sp³-hybridized carbons (Fsp3) is 0.500. The lowest BCUT2D eigenvalue weighted by Crippen LogP contribution is -2.29. The van der Waals surface area contributed by atoms with E-state index in [0.717, 1.165) is 0 Å². The van der Waals surface area contributed by atoms with Crippen LogP contribution in [0.1, 0.15) is 47.5 Å². The molecule has 0 radical (unpaired) electrons. The molecule has 0 aliphatic carbocycles. The molecule has 31 heavy (non-hydrogen) atoms. The molecule has 7 heteroatoms. The molecule has 0 unspecified atom stereocenters. The van der Waals surface area contributed by atoms with E-state index in [2.05, 4.69) is 0 Å². The number of aliphatic hydroxyl groups excluding tert-OH is 1. The lowest BCUT2D eigenvalue weighted by atomic mass is 10.1. The Hall–Kier alpha value is -1.22. The lowest BCUT2D eigenvalue weighted by molar-refractivity contribution is 0.166. The normalized spacial score (nSPS) is 17.8. The first-order chi connectivity index (χ1) is 14.6. The van der Waals surface area contributed by atoms with Crippen molar-refractivity contribution >= 4 is 25.3 Å². The Morgan fingerprint density at radius 1 is 0.774 bits per heavy atom. The summed E-state index contributed by atoms with van der Waals surface area (Å²) in [6, 6.07) is 17.7. The summed E-state index contributed by atoms with van der Waals surface area (Å²) >= 11 is 0. The van der Waals surface area contributed by atoms with Gasteiger partial charge in [0.05, 0.1) is 6.61 Å². The molecule has 172 valence electrons. The van der Waals surface area contributed by atoms with Gasteiger partial charge in [0.2, 0.25) is 0 Å². The highest BCUT2D eigenvalue weighted by molar-refractivity contribution is 7.70. The van der Waals surface area contributed by atoms with Gasteiger partial charge in [0.15, 0.2) is 0 Å². The van der Waals surface area contributed by atoms with Crippen LogP contribution >= 0.6 is 14.7 Å². The van der Waals surface area contributed by atoms with Crippen molar-refractivity contribution in [2.45, 2.75) is 59.2 Å². The van der Waals surface area contributed by atoms with Gasteiger partial charge >= 0.3 is 0 Å². The summed E-state index contributed by atoms with van der Waals surface area (Å²) in [4.78, 5) is 0. The maximum absolute atomic E-state index is 14.3. The maximum Gasteiger partial charge on any atom is 0.260 e. The van der Waals surface area contributed by atoms with Crippen LogP contribution in [0.2, 0.25) is 0 Å². The molecular formula is C24H36O5P2. The molecule has 2 aromatic carbocycles. The Morgan fingerprint density at radius 3 is 1.65 bits per heavy atom. The van der Waals surface area contributed by atoms with E-state index in [0.29, 0.717) is 23.5 Å². The van der Waals surface area contributed by atoms with E-state index < -0.39 is 26.4 Å². The molecule has 0 fully saturated rings. The van der Waals surface area contributed by atoms with Crippen molar-refractivity contribution in [3.05, 3.63) is 60.7 Å². The van der Waals surface area contributed by atoms with E-state index in [-0.39, 0.29) is 18.4 Å². The zero-order valence-electron chi connectivity index (χ0n) is 19.2. The molecule has 0 saturated carbocycles. The zero-order valence-corrected chi connectivity index (χ0v) is 21.0. The van der Waals surface area contributed by atoms with Crippen LogP contribution in [0.25, 0.3) is 0 Å². The van der Waals surface area contributed by atoms with Crippen molar-refractivity contribution < 1.29 is 23.3 Å². The number of aliphatic hydroxyl groups is 1. The third-order valence-electron chi connectivity index (χ3n) is 4.96. The van der Waals surface area contributed by atoms with E-state index in [1.54, 1.807) is 55.5 Å². The van der Waals surface area contributed by atoms with Gasteiger partial charge in [0, 0.05) is 10.6 Å². The molecular weight excluding hydrogens is 430 g/mol. The van der Waals surface area contributed by atoms with Crippen LogP contribution < -0.4 is 10.6 Å². The molecule has 2 aromatic rings. The first kappa shape index (κ1) is 26.0. The second-order valence-corrected chi connectivity index (χ2v) is 13.6. The predicted molar refractivity (Wildman–Crippen MR) is 129 cm³/mol. The Labute approximate surface area is 187 Å². The molecule has 0 heterocycles. The molecule has 0 aliphatic rings. The van der Waals surface area contributed by atoms with E-state index in [1.165, 1.54) is 0 Å². The molecule has 4 atom stereocenters. The lowest BCUT2D eigenvalue weighted by Gasteiger charge is -2.34. The Morgan fingerprint density at radius 2 is 1.23 bits per heavy atom. The molecule has 0 aromatic heterocycles. The first-order valence-corrected chi connectivity index (χ1v) is 14.3. The summed E-state index contributed by atoms with van der Waals surface area (Å²) in [6.07, 6.45) is 0.697. The van der Waals surface area contributed by atoms with Gasteiger partial charge in [-0.15, -0.1) is 0 Å². The summed E-state index contributed by atoms with van der Waals surface area (Å²) in [5.74, 6) is -1.90. The second kappa shape index (κ2) is 11.6. The van der Waals surface area contributed by atoms with Crippen molar-refractivity contribution in [2.75, 3.05) is 6.61 Å². The topological polar surface area (TPSA) is 72.8 Å². The first-order valence-electron chi connectivity index (χ1n) is 10.9. The summed E-state index contributed by atoms with van der Waals surface area (Å²) in [5.41, 5.74) is 0. The van der Waals surface area contributed by atoms with Crippen molar-refractivity contribution in [3.8, 4) is 0 Å². The third kappa shape index (κ3) is 6.63. The maximum atomic E-state index is 14.3. The molecule has 0 bridgehead atoms. The Balaban J connectivity index is 2.59. The molecule has 0 spiro atoms. The monoisotopic (exact) mass is 466 g/mol. The van der Waals surface area contributed by atoms with Gasteiger partial charge in [-0.3, -0.25) is 9.13 Å². The summed E-state index contributed by atoms with van der Waals surface area (Å²) in [7, 11) is -7.30. The van der Waals surface area contributed by atoms with Crippen LogP contribution in [-0.4, -0.2) is 23.4 Å². The Bertz CT molecular complexity index is 883. The van der Waals surface area contributed by atoms with Crippen molar-refractivity contribution in [3.63, 3.8) is 0 Å². The Kier molecular flexibility index (Phi) is 9.73. The number of rotatable bonds is 12. The molecule has 5 nitrogen and oxygen atoms in total. The highest BCUT2D eigenvalue weighted by Gasteiger charge is 2.45. The average Bonchev–Trinajstić information content (AvgIpc) is 2.73. The van der Waals surface area contributed by atoms with Gasteiger partial charge in [-0.1, -0.05) is 64.1 Å².